The van der Waals surface area contributed by atoms with Gasteiger partial charge in [0.15, 0.2) is 5.96 Å². The number of carbonyl (C=O) groups is 1. The maximum Gasteiger partial charge on any atom is 0.251 e. The van der Waals surface area contributed by atoms with Crippen LogP contribution < -0.4 is 5.32 Å². The second kappa shape index (κ2) is 10.5. The highest BCUT2D eigenvalue weighted by molar-refractivity contribution is 14.0. The lowest BCUT2D eigenvalue weighted by atomic mass is 10.2. The Morgan fingerprint density at radius 2 is 1.84 bits per heavy atom. The van der Waals surface area contributed by atoms with Gasteiger partial charge in [-0.15, -0.1) is 24.0 Å². The van der Waals surface area contributed by atoms with Gasteiger partial charge in [-0.2, -0.15) is 0 Å². The Hall–Kier alpha value is -0.610. The van der Waals surface area contributed by atoms with Crippen molar-refractivity contribution in [3.05, 3.63) is 0 Å². The van der Waals surface area contributed by atoms with Crippen LogP contribution in [0.15, 0.2) is 4.99 Å². The SMILES string of the molecule is CCNC(=NCCN1CCC1)N1CCN(C(=O)C2CCCO2)CC1.I. The molecule has 1 N–H and O–H groups in total. The van der Waals surface area contributed by atoms with Crippen LogP contribution in [0.25, 0.3) is 0 Å². The molecule has 0 aromatic heterocycles. The van der Waals surface area contributed by atoms with Crippen molar-refractivity contribution < 1.29 is 9.53 Å². The van der Waals surface area contributed by atoms with Gasteiger partial charge in [-0.1, -0.05) is 0 Å². The third-order valence-electron chi connectivity index (χ3n) is 5.06. The summed E-state index contributed by atoms with van der Waals surface area (Å²) in [5, 5.41) is 3.39. The van der Waals surface area contributed by atoms with Crippen molar-refractivity contribution in [2.24, 2.45) is 4.99 Å². The smallest absolute Gasteiger partial charge is 0.251 e. The Morgan fingerprint density at radius 3 is 2.40 bits per heavy atom. The van der Waals surface area contributed by atoms with E-state index < -0.39 is 0 Å². The van der Waals surface area contributed by atoms with Gasteiger partial charge >= 0.3 is 0 Å². The molecule has 0 radical (unpaired) electrons. The van der Waals surface area contributed by atoms with E-state index in [2.05, 4.69) is 22.0 Å². The molecule has 3 saturated heterocycles. The molecule has 3 heterocycles. The molecule has 1 atom stereocenters. The molecule has 25 heavy (non-hydrogen) atoms. The molecule has 0 saturated carbocycles. The van der Waals surface area contributed by atoms with E-state index in [0.717, 1.165) is 71.2 Å². The summed E-state index contributed by atoms with van der Waals surface area (Å²) in [6.45, 7) is 11.2. The first kappa shape index (κ1) is 20.7. The first-order valence-corrected chi connectivity index (χ1v) is 9.44. The zero-order valence-corrected chi connectivity index (χ0v) is 17.6. The maximum atomic E-state index is 12.4. The standard InChI is InChI=1S/C17H31N5O2.HI/c1-2-18-17(19-6-9-20-7-4-8-20)22-12-10-21(11-13-22)16(23)15-5-3-14-24-15;/h15H,2-14H2,1H3,(H,18,19);1H. The number of ether oxygens (including phenoxy) is 1. The summed E-state index contributed by atoms with van der Waals surface area (Å²) in [5.74, 6) is 1.16. The van der Waals surface area contributed by atoms with E-state index in [0.29, 0.717) is 0 Å². The molecule has 0 bridgehead atoms. The summed E-state index contributed by atoms with van der Waals surface area (Å²) in [6.07, 6.45) is 3.00. The van der Waals surface area contributed by atoms with E-state index in [1.54, 1.807) is 0 Å². The highest BCUT2D eigenvalue weighted by Gasteiger charge is 2.30. The second-order valence-electron chi connectivity index (χ2n) is 6.74. The van der Waals surface area contributed by atoms with E-state index >= 15 is 0 Å². The molecule has 0 aromatic rings. The Labute approximate surface area is 168 Å². The van der Waals surface area contributed by atoms with Crippen LogP contribution in [0.3, 0.4) is 0 Å². The first-order valence-electron chi connectivity index (χ1n) is 9.44. The summed E-state index contributed by atoms with van der Waals surface area (Å²) in [4.78, 5) is 23.9. The quantitative estimate of drug-likeness (QED) is 0.366. The van der Waals surface area contributed by atoms with Gasteiger partial charge in [0.05, 0.1) is 6.54 Å². The van der Waals surface area contributed by atoms with Crippen molar-refractivity contribution in [3.8, 4) is 0 Å². The number of hydrogen-bond donors (Lipinski definition) is 1. The number of amides is 1. The molecule has 3 rings (SSSR count). The van der Waals surface area contributed by atoms with Crippen molar-refractivity contribution >= 4 is 35.8 Å². The number of nitrogens with zero attached hydrogens (tertiary/aromatic N) is 4. The molecule has 144 valence electrons. The molecule has 0 aromatic carbocycles. The molecule has 3 aliphatic rings. The summed E-state index contributed by atoms with van der Waals surface area (Å²) in [7, 11) is 0. The molecule has 8 heteroatoms. The van der Waals surface area contributed by atoms with Crippen LogP contribution in [-0.4, -0.2) is 98.2 Å². The maximum absolute atomic E-state index is 12.4. The number of guanidine groups is 1. The second-order valence-corrected chi connectivity index (χ2v) is 6.74. The number of likely N-dealkylation sites (tertiary alicyclic amines) is 1. The van der Waals surface area contributed by atoms with Crippen LogP contribution >= 0.6 is 24.0 Å². The molecule has 1 amide bonds. The van der Waals surface area contributed by atoms with Gasteiger partial charge < -0.3 is 24.8 Å². The summed E-state index contributed by atoms with van der Waals surface area (Å²) in [5.41, 5.74) is 0. The lowest BCUT2D eigenvalue weighted by Gasteiger charge is -2.37. The summed E-state index contributed by atoms with van der Waals surface area (Å²) >= 11 is 0. The Morgan fingerprint density at radius 1 is 1.12 bits per heavy atom. The molecule has 0 spiro atoms. The van der Waals surface area contributed by atoms with E-state index in [9.17, 15) is 4.79 Å². The zero-order chi connectivity index (χ0) is 16.8. The van der Waals surface area contributed by atoms with E-state index in [1.807, 2.05) is 4.90 Å². The number of carbonyl (C=O) groups excluding carboxylic acids is 1. The Bertz CT molecular complexity index is 444. The van der Waals surface area contributed by atoms with Crippen LogP contribution in [-0.2, 0) is 9.53 Å². The van der Waals surface area contributed by atoms with Crippen LogP contribution in [0.2, 0.25) is 0 Å². The van der Waals surface area contributed by atoms with Crippen molar-refractivity contribution in [2.75, 3.05) is 65.5 Å². The first-order chi connectivity index (χ1) is 11.8. The predicted octanol–water partition coefficient (Wildman–Crippen LogP) is 0.599. The zero-order valence-electron chi connectivity index (χ0n) is 15.3. The van der Waals surface area contributed by atoms with Crippen LogP contribution in [0, 0.1) is 0 Å². The Balaban J connectivity index is 0.00000225. The fourth-order valence-corrected chi connectivity index (χ4v) is 3.44. The predicted molar refractivity (Wildman–Crippen MR) is 110 cm³/mol. The molecule has 7 nitrogen and oxygen atoms in total. The Kier molecular flexibility index (Phi) is 8.71. The van der Waals surface area contributed by atoms with Gasteiger partial charge in [-0.25, -0.2) is 0 Å². The van der Waals surface area contributed by atoms with Gasteiger partial charge in [-0.05, 0) is 39.3 Å². The van der Waals surface area contributed by atoms with Gasteiger partial charge in [0, 0.05) is 45.9 Å². The fourth-order valence-electron chi connectivity index (χ4n) is 3.44. The van der Waals surface area contributed by atoms with Gasteiger partial charge in [0.1, 0.15) is 6.10 Å². The highest BCUT2D eigenvalue weighted by Crippen LogP contribution is 2.16. The number of nitrogens with one attached hydrogen (secondary N) is 1. The third kappa shape index (κ3) is 5.68. The minimum atomic E-state index is -0.199. The molecular weight excluding hydrogens is 433 g/mol. The normalized spacial score (nSPS) is 24.7. The van der Waals surface area contributed by atoms with Crippen molar-refractivity contribution in [2.45, 2.75) is 32.3 Å². The highest BCUT2D eigenvalue weighted by atomic mass is 127. The minimum absolute atomic E-state index is 0. The van der Waals surface area contributed by atoms with Gasteiger partial charge in [0.2, 0.25) is 0 Å². The average molecular weight is 465 g/mol. The van der Waals surface area contributed by atoms with Crippen molar-refractivity contribution in [3.63, 3.8) is 0 Å². The summed E-state index contributed by atoms with van der Waals surface area (Å²) in [6, 6.07) is 0. The number of hydrogen-bond acceptors (Lipinski definition) is 4. The number of rotatable bonds is 5. The van der Waals surface area contributed by atoms with E-state index in [-0.39, 0.29) is 36.0 Å². The topological polar surface area (TPSA) is 60.4 Å². The lowest BCUT2D eigenvalue weighted by molar-refractivity contribution is -0.142. The summed E-state index contributed by atoms with van der Waals surface area (Å²) < 4.78 is 5.53. The third-order valence-corrected chi connectivity index (χ3v) is 5.06. The van der Waals surface area contributed by atoms with Crippen LogP contribution in [0.1, 0.15) is 26.2 Å². The van der Waals surface area contributed by atoms with Crippen LogP contribution in [0.4, 0.5) is 0 Å². The average Bonchev–Trinajstić information content (AvgIpc) is 3.10. The monoisotopic (exact) mass is 465 g/mol. The number of halogens is 1. The fraction of sp³-hybridized carbons (Fsp3) is 0.882. The van der Waals surface area contributed by atoms with Gasteiger partial charge in [-0.3, -0.25) is 9.79 Å². The molecule has 3 aliphatic heterocycles. The molecule has 1 unspecified atom stereocenters. The number of aliphatic imine (C=N–C) groups is 1. The van der Waals surface area contributed by atoms with Crippen molar-refractivity contribution in [1.29, 1.82) is 0 Å². The van der Waals surface area contributed by atoms with Crippen molar-refractivity contribution in [1.82, 2.24) is 20.0 Å². The van der Waals surface area contributed by atoms with E-state index in [1.165, 1.54) is 19.5 Å². The van der Waals surface area contributed by atoms with Gasteiger partial charge in [0.25, 0.3) is 5.91 Å². The molecule has 0 aliphatic carbocycles. The molecular formula is C17H32IN5O2. The largest absolute Gasteiger partial charge is 0.368 e. The lowest BCUT2D eigenvalue weighted by Crippen LogP contribution is -2.55. The van der Waals surface area contributed by atoms with E-state index in [4.69, 9.17) is 9.73 Å². The van der Waals surface area contributed by atoms with Crippen LogP contribution in [0.5, 0.6) is 0 Å². The molecule has 3 fully saturated rings. The number of piperazine rings is 1. The minimum Gasteiger partial charge on any atom is -0.368 e.